The topological polar surface area (TPSA) is 43.6 Å². The number of hydrogen-bond acceptors (Lipinski definition) is 4. The first-order valence-electron chi connectivity index (χ1n) is 20.5. The summed E-state index contributed by atoms with van der Waals surface area (Å²) in [7, 11) is 0. The van der Waals surface area contributed by atoms with Gasteiger partial charge in [-0.1, -0.05) is 139 Å². The van der Waals surface area contributed by atoms with Gasteiger partial charge in [0.2, 0.25) is 0 Å². The van der Waals surface area contributed by atoms with E-state index in [1.807, 2.05) is 66.7 Å². The maximum atomic E-state index is 9.18. The van der Waals surface area contributed by atoms with Crippen LogP contribution in [0.4, 0.5) is 0 Å². The van der Waals surface area contributed by atoms with Crippen molar-refractivity contribution in [1.82, 2.24) is 19.5 Å². The Hall–Kier alpha value is -6.43. The lowest BCUT2D eigenvalue weighted by molar-refractivity contribution is 1.07. The lowest BCUT2D eigenvalue weighted by Crippen LogP contribution is -2.01. The van der Waals surface area contributed by atoms with Crippen molar-refractivity contribution in [2.45, 2.75) is 0 Å². The maximum absolute atomic E-state index is 9.18. The van der Waals surface area contributed by atoms with Gasteiger partial charge in [-0.05, 0) is 35.9 Å². The molecule has 5 heteroatoms. The molecule has 10 rings (SSSR count). The van der Waals surface area contributed by atoms with Gasteiger partial charge in [-0.25, -0.2) is 15.0 Å². The molecule has 0 amide bonds. The van der Waals surface area contributed by atoms with Crippen LogP contribution in [0.2, 0.25) is 0 Å². The van der Waals surface area contributed by atoms with E-state index < -0.39 is 42.3 Å². The Morgan fingerprint density at radius 3 is 2.04 bits per heavy atom. The molecule has 10 aromatic rings. The largest absolute Gasteiger partial charge is 0.309 e. The van der Waals surface area contributed by atoms with E-state index in [2.05, 4.69) is 18.2 Å². The molecule has 3 heterocycles. The first-order valence-corrected chi connectivity index (χ1v) is 16.8. The maximum Gasteiger partial charge on any atom is 0.164 e. The molecule has 0 aliphatic rings. The number of fused-ring (bicyclic) bond motifs is 6. The third-order valence-electron chi connectivity index (χ3n) is 8.86. The number of aromatic nitrogens is 4. The summed E-state index contributed by atoms with van der Waals surface area (Å²) in [6.07, 6.45) is 0. The van der Waals surface area contributed by atoms with Gasteiger partial charge in [-0.15, -0.1) is 11.3 Å². The van der Waals surface area contributed by atoms with E-state index in [0.29, 0.717) is 39.6 Å². The predicted octanol–water partition coefficient (Wildman–Crippen LogP) is 12.0. The quantitative estimate of drug-likeness (QED) is 0.184. The van der Waals surface area contributed by atoms with Crippen LogP contribution in [0.25, 0.3) is 93.0 Å². The molecule has 3 aromatic heterocycles. The number of para-hydroxylation sites is 2. The lowest BCUT2D eigenvalue weighted by atomic mass is 10.0. The van der Waals surface area contributed by atoms with Crippen LogP contribution in [0.5, 0.6) is 0 Å². The standard InChI is InChI=1S/C45H28N4S/c1-3-14-29(15-4-1)33-22-12-23-35-34-20-7-9-25-38(34)49(42(33)35)32-19-11-18-31(28-32)44-46-43(30-16-5-2-6-17-30)47-45(48-44)37-24-13-27-40-41(37)36-21-8-10-26-39(36)50-40/h1-28H/i1D,3D,4D,7D,9D,14D,15D,20D,25D. The molecule has 0 atom stereocenters. The minimum absolute atomic E-state index is 0.0539. The van der Waals surface area contributed by atoms with Crippen molar-refractivity contribution in [3.63, 3.8) is 0 Å². The predicted molar refractivity (Wildman–Crippen MR) is 209 cm³/mol. The minimum atomic E-state index is -0.529. The fraction of sp³-hybridized carbons (Fsp3) is 0. The normalized spacial score (nSPS) is 14.1. The molecule has 234 valence electrons. The van der Waals surface area contributed by atoms with Crippen LogP contribution in [0.1, 0.15) is 12.3 Å². The molecule has 0 fully saturated rings. The summed E-state index contributed by atoms with van der Waals surface area (Å²) in [6, 6.07) is 32.5. The Bertz CT molecular complexity index is 3370. The molecule has 0 aliphatic carbocycles. The zero-order chi connectivity index (χ0) is 40.9. The third kappa shape index (κ3) is 4.63. The highest BCUT2D eigenvalue weighted by atomic mass is 32.1. The summed E-state index contributed by atoms with van der Waals surface area (Å²) in [5, 5.41) is 2.79. The molecular formula is C45H28N4S. The van der Waals surface area contributed by atoms with Crippen LogP contribution in [-0.2, 0) is 0 Å². The minimum Gasteiger partial charge on any atom is -0.309 e. The van der Waals surface area contributed by atoms with Gasteiger partial charge in [0.1, 0.15) is 0 Å². The van der Waals surface area contributed by atoms with E-state index in [1.54, 1.807) is 46.2 Å². The van der Waals surface area contributed by atoms with Crippen LogP contribution >= 0.6 is 11.3 Å². The summed E-state index contributed by atoms with van der Waals surface area (Å²) in [5.74, 6) is 1.30. The molecule has 0 spiro atoms. The van der Waals surface area contributed by atoms with E-state index in [-0.39, 0.29) is 34.1 Å². The number of hydrogen-bond donors (Lipinski definition) is 0. The molecule has 0 saturated heterocycles. The zero-order valence-electron chi connectivity index (χ0n) is 35.2. The van der Waals surface area contributed by atoms with Gasteiger partial charge in [0.15, 0.2) is 17.5 Å². The number of benzene rings is 7. The Kier molecular flexibility index (Phi) is 4.84. The first-order chi connectivity index (χ1) is 28.5. The summed E-state index contributed by atoms with van der Waals surface area (Å²) in [6.45, 7) is 0. The fourth-order valence-electron chi connectivity index (χ4n) is 6.70. The summed E-state index contributed by atoms with van der Waals surface area (Å²) in [5.41, 5.74) is 3.42. The average Bonchev–Trinajstić information content (AvgIpc) is 3.83. The molecular weight excluding hydrogens is 629 g/mol. The van der Waals surface area contributed by atoms with Crippen LogP contribution in [-0.4, -0.2) is 19.5 Å². The van der Waals surface area contributed by atoms with Crippen molar-refractivity contribution in [2.24, 2.45) is 0 Å². The summed E-state index contributed by atoms with van der Waals surface area (Å²) < 4.78 is 82.3. The smallest absolute Gasteiger partial charge is 0.164 e. The number of thiophene rings is 1. The Labute approximate surface area is 305 Å². The summed E-state index contributed by atoms with van der Waals surface area (Å²) >= 11 is 1.70. The van der Waals surface area contributed by atoms with Crippen LogP contribution in [0, 0.1) is 0 Å². The molecule has 0 N–H and O–H groups in total. The van der Waals surface area contributed by atoms with E-state index >= 15 is 0 Å². The van der Waals surface area contributed by atoms with Crippen molar-refractivity contribution in [3.8, 4) is 51.0 Å². The Morgan fingerprint density at radius 2 is 1.14 bits per heavy atom. The van der Waals surface area contributed by atoms with Gasteiger partial charge in [0.05, 0.1) is 23.4 Å². The van der Waals surface area contributed by atoms with Gasteiger partial charge in [0.25, 0.3) is 0 Å². The molecule has 0 bridgehead atoms. The van der Waals surface area contributed by atoms with Crippen LogP contribution < -0.4 is 0 Å². The van der Waals surface area contributed by atoms with E-state index in [9.17, 15) is 1.37 Å². The van der Waals surface area contributed by atoms with Crippen molar-refractivity contribution >= 4 is 53.3 Å². The SMILES string of the molecule is [2H]c1c([2H])c([2H])c(-c2cccc3c4c([2H])c([2H])c([2H])c([2H])c4n(-c4cccc(-c5nc(-c6ccccc6)nc(-c6cccc7sc8ccccc8c67)n5)c4)c23)c([2H])c1[2H]. The number of rotatable bonds is 5. The number of nitrogens with zero attached hydrogens (tertiary/aromatic N) is 4. The van der Waals surface area contributed by atoms with Gasteiger partial charge >= 0.3 is 0 Å². The van der Waals surface area contributed by atoms with Gasteiger partial charge in [-0.3, -0.25) is 0 Å². The second kappa shape index (κ2) is 11.6. The molecule has 0 radical (unpaired) electrons. The highest BCUT2D eigenvalue weighted by Gasteiger charge is 2.19. The molecule has 50 heavy (non-hydrogen) atoms. The van der Waals surface area contributed by atoms with Crippen molar-refractivity contribution < 1.29 is 12.3 Å². The first kappa shape index (κ1) is 20.8. The van der Waals surface area contributed by atoms with Crippen LogP contribution in [0.15, 0.2) is 170 Å². The molecule has 4 nitrogen and oxygen atoms in total. The summed E-state index contributed by atoms with van der Waals surface area (Å²) in [4.78, 5) is 15.1. The van der Waals surface area contributed by atoms with E-state index in [0.717, 1.165) is 31.3 Å². The van der Waals surface area contributed by atoms with E-state index in [1.165, 1.54) is 0 Å². The molecule has 0 unspecified atom stereocenters. The van der Waals surface area contributed by atoms with Gasteiger partial charge < -0.3 is 4.57 Å². The van der Waals surface area contributed by atoms with Crippen molar-refractivity contribution in [2.75, 3.05) is 0 Å². The average molecular weight is 666 g/mol. The molecule has 0 saturated carbocycles. The second-order valence-corrected chi connectivity index (χ2v) is 12.8. The Balaban J connectivity index is 1.27. The zero-order valence-corrected chi connectivity index (χ0v) is 27.0. The molecule has 0 aliphatic heterocycles. The Morgan fingerprint density at radius 1 is 0.480 bits per heavy atom. The third-order valence-corrected chi connectivity index (χ3v) is 10.00. The van der Waals surface area contributed by atoms with Crippen molar-refractivity contribution in [1.29, 1.82) is 0 Å². The molecule has 7 aromatic carbocycles. The lowest BCUT2D eigenvalue weighted by Gasteiger charge is -2.13. The fourth-order valence-corrected chi connectivity index (χ4v) is 7.83. The van der Waals surface area contributed by atoms with Gasteiger partial charge in [-0.2, -0.15) is 0 Å². The van der Waals surface area contributed by atoms with Gasteiger partial charge in [0, 0.05) is 58.9 Å². The van der Waals surface area contributed by atoms with E-state index in [4.69, 9.17) is 25.9 Å². The highest BCUT2D eigenvalue weighted by molar-refractivity contribution is 7.25. The monoisotopic (exact) mass is 665 g/mol. The second-order valence-electron chi connectivity index (χ2n) is 11.8. The van der Waals surface area contributed by atoms with Crippen LogP contribution in [0.3, 0.4) is 0 Å². The highest BCUT2D eigenvalue weighted by Crippen LogP contribution is 2.41. The van der Waals surface area contributed by atoms with Crippen molar-refractivity contribution in [3.05, 3.63) is 170 Å².